The van der Waals surface area contributed by atoms with E-state index in [1.165, 1.54) is 11.0 Å². The maximum Gasteiger partial charge on any atom is 0.414 e. The number of nitrogens with one attached hydrogen (secondary N) is 2. The number of benzene rings is 1. The molecule has 2 amide bonds. The summed E-state index contributed by atoms with van der Waals surface area (Å²) < 4.78 is 18.8. The molecule has 1 aromatic rings. The standard InChI is InChI=1S/C13H16FN3O3S/c1-15-11-3-2-8(4-10(11)14)17-6-9(20-13(17)19)5-16-12(18)7-21/h2-4,9,15,21H,5-7H2,1H3,(H,16,18)/t9-/m0/s1. The molecule has 2 rings (SSSR count). The molecular formula is C13H16FN3O3S. The lowest BCUT2D eigenvalue weighted by Crippen LogP contribution is -2.35. The summed E-state index contributed by atoms with van der Waals surface area (Å²) in [6.45, 7) is 0.461. The summed E-state index contributed by atoms with van der Waals surface area (Å²) in [6.07, 6.45) is -1.02. The molecule has 114 valence electrons. The Kier molecular flexibility index (Phi) is 4.89. The van der Waals surface area contributed by atoms with Crippen LogP contribution >= 0.6 is 12.6 Å². The lowest BCUT2D eigenvalue weighted by Gasteiger charge is -2.14. The van der Waals surface area contributed by atoms with Gasteiger partial charge in [0.15, 0.2) is 0 Å². The van der Waals surface area contributed by atoms with Crippen LogP contribution in [-0.4, -0.2) is 44.0 Å². The number of thiol groups is 1. The molecule has 8 heteroatoms. The van der Waals surface area contributed by atoms with Crippen LogP contribution in [0, 0.1) is 5.82 Å². The van der Waals surface area contributed by atoms with Crippen molar-refractivity contribution in [1.29, 1.82) is 0 Å². The van der Waals surface area contributed by atoms with Crippen LogP contribution in [0.25, 0.3) is 0 Å². The molecular weight excluding hydrogens is 297 g/mol. The second-order valence-electron chi connectivity index (χ2n) is 4.49. The zero-order chi connectivity index (χ0) is 15.4. The molecule has 1 aliphatic heterocycles. The van der Waals surface area contributed by atoms with Gasteiger partial charge in [-0.2, -0.15) is 12.6 Å². The van der Waals surface area contributed by atoms with Crippen molar-refractivity contribution >= 4 is 36.0 Å². The van der Waals surface area contributed by atoms with Crippen LogP contribution in [0.2, 0.25) is 0 Å². The van der Waals surface area contributed by atoms with Gasteiger partial charge in [-0.15, -0.1) is 0 Å². The van der Waals surface area contributed by atoms with E-state index in [1.807, 2.05) is 0 Å². The summed E-state index contributed by atoms with van der Waals surface area (Å²) in [7, 11) is 1.61. The monoisotopic (exact) mass is 313 g/mol. The summed E-state index contributed by atoms with van der Waals surface area (Å²) in [5.74, 6) is -0.618. The largest absolute Gasteiger partial charge is 0.442 e. The summed E-state index contributed by atoms with van der Waals surface area (Å²) in [5, 5.41) is 5.30. The maximum absolute atomic E-state index is 13.7. The second-order valence-corrected chi connectivity index (χ2v) is 4.81. The van der Waals surface area contributed by atoms with Gasteiger partial charge in [-0.05, 0) is 18.2 Å². The van der Waals surface area contributed by atoms with Crippen LogP contribution in [-0.2, 0) is 9.53 Å². The number of cyclic esters (lactones) is 1. The van der Waals surface area contributed by atoms with Crippen molar-refractivity contribution in [2.75, 3.05) is 36.1 Å². The average molecular weight is 313 g/mol. The SMILES string of the molecule is CNc1ccc(N2C[C@H](CNC(=O)CS)OC2=O)cc1F. The van der Waals surface area contributed by atoms with E-state index in [0.717, 1.165) is 0 Å². The number of anilines is 2. The van der Waals surface area contributed by atoms with E-state index >= 15 is 0 Å². The van der Waals surface area contributed by atoms with Gasteiger partial charge in [0.05, 0.1) is 30.2 Å². The third kappa shape index (κ3) is 3.57. The number of halogens is 1. The van der Waals surface area contributed by atoms with Crippen molar-refractivity contribution in [3.05, 3.63) is 24.0 Å². The summed E-state index contributed by atoms with van der Waals surface area (Å²) in [6, 6.07) is 4.45. The summed E-state index contributed by atoms with van der Waals surface area (Å²) in [5.41, 5.74) is 0.767. The molecule has 1 heterocycles. The molecule has 0 spiro atoms. The lowest BCUT2D eigenvalue weighted by molar-refractivity contribution is -0.118. The molecule has 0 unspecified atom stereocenters. The van der Waals surface area contributed by atoms with Crippen LogP contribution in [0.5, 0.6) is 0 Å². The first kappa shape index (κ1) is 15.4. The minimum atomic E-state index is -0.559. The quantitative estimate of drug-likeness (QED) is 0.715. The normalized spacial score (nSPS) is 17.6. The van der Waals surface area contributed by atoms with E-state index in [0.29, 0.717) is 11.4 Å². The molecule has 1 saturated heterocycles. The highest BCUT2D eigenvalue weighted by Gasteiger charge is 2.32. The van der Waals surface area contributed by atoms with Crippen molar-refractivity contribution in [1.82, 2.24) is 5.32 Å². The van der Waals surface area contributed by atoms with Crippen molar-refractivity contribution in [2.45, 2.75) is 6.10 Å². The zero-order valence-electron chi connectivity index (χ0n) is 11.4. The van der Waals surface area contributed by atoms with Crippen molar-refractivity contribution in [3.63, 3.8) is 0 Å². The first-order valence-electron chi connectivity index (χ1n) is 6.38. The van der Waals surface area contributed by atoms with Crippen LogP contribution in [0.4, 0.5) is 20.6 Å². The fraction of sp³-hybridized carbons (Fsp3) is 0.385. The van der Waals surface area contributed by atoms with Gasteiger partial charge in [0, 0.05) is 7.05 Å². The van der Waals surface area contributed by atoms with Gasteiger partial charge in [0.2, 0.25) is 5.91 Å². The van der Waals surface area contributed by atoms with Gasteiger partial charge in [0.25, 0.3) is 0 Å². The van der Waals surface area contributed by atoms with Gasteiger partial charge < -0.3 is 15.4 Å². The number of carbonyl (C=O) groups is 2. The van der Waals surface area contributed by atoms with Crippen LogP contribution in [0.3, 0.4) is 0 Å². The highest BCUT2D eigenvalue weighted by atomic mass is 32.1. The van der Waals surface area contributed by atoms with Gasteiger partial charge in [-0.25, -0.2) is 9.18 Å². The van der Waals surface area contributed by atoms with E-state index in [1.54, 1.807) is 19.2 Å². The second kappa shape index (κ2) is 6.66. The number of hydrogen-bond donors (Lipinski definition) is 3. The number of rotatable bonds is 5. The first-order valence-corrected chi connectivity index (χ1v) is 7.01. The molecule has 0 aromatic heterocycles. The first-order chi connectivity index (χ1) is 10.0. The van der Waals surface area contributed by atoms with Crippen molar-refractivity contribution < 1.29 is 18.7 Å². The molecule has 0 aliphatic carbocycles. The summed E-state index contributed by atoms with van der Waals surface area (Å²) >= 11 is 3.84. The molecule has 21 heavy (non-hydrogen) atoms. The Labute approximate surface area is 127 Å². The molecule has 1 atom stereocenters. The Balaban J connectivity index is 2.03. The molecule has 0 bridgehead atoms. The third-order valence-electron chi connectivity index (χ3n) is 3.08. The smallest absolute Gasteiger partial charge is 0.414 e. The van der Waals surface area contributed by atoms with E-state index in [9.17, 15) is 14.0 Å². The fourth-order valence-electron chi connectivity index (χ4n) is 2.00. The highest BCUT2D eigenvalue weighted by Crippen LogP contribution is 2.25. The number of ether oxygens (including phenoxy) is 1. The molecule has 0 saturated carbocycles. The predicted molar refractivity (Wildman–Crippen MR) is 80.4 cm³/mol. The van der Waals surface area contributed by atoms with E-state index < -0.39 is 18.0 Å². The number of carbonyl (C=O) groups excluding carboxylic acids is 2. The lowest BCUT2D eigenvalue weighted by atomic mass is 10.2. The summed E-state index contributed by atoms with van der Waals surface area (Å²) in [4.78, 5) is 24.3. The van der Waals surface area contributed by atoms with Crippen LogP contribution in [0.1, 0.15) is 0 Å². The maximum atomic E-state index is 13.7. The molecule has 0 radical (unpaired) electrons. The van der Waals surface area contributed by atoms with Crippen molar-refractivity contribution in [3.8, 4) is 0 Å². The van der Waals surface area contributed by atoms with Gasteiger partial charge in [0.1, 0.15) is 11.9 Å². The van der Waals surface area contributed by atoms with Gasteiger partial charge in [-0.3, -0.25) is 9.69 Å². The van der Waals surface area contributed by atoms with Crippen LogP contribution < -0.4 is 15.5 Å². The van der Waals surface area contributed by atoms with Crippen LogP contribution in [0.15, 0.2) is 18.2 Å². The minimum absolute atomic E-state index is 0.0705. The van der Waals surface area contributed by atoms with Gasteiger partial charge in [-0.1, -0.05) is 0 Å². The topological polar surface area (TPSA) is 70.7 Å². The Hall–Kier alpha value is -1.96. The zero-order valence-corrected chi connectivity index (χ0v) is 12.3. The third-order valence-corrected chi connectivity index (χ3v) is 3.37. The number of nitrogens with zero attached hydrogens (tertiary/aromatic N) is 1. The molecule has 2 N–H and O–H groups in total. The number of hydrogen-bond acceptors (Lipinski definition) is 5. The Morgan fingerprint density at radius 2 is 2.33 bits per heavy atom. The highest BCUT2D eigenvalue weighted by molar-refractivity contribution is 7.81. The minimum Gasteiger partial charge on any atom is -0.442 e. The van der Waals surface area contributed by atoms with Gasteiger partial charge >= 0.3 is 6.09 Å². The molecule has 1 fully saturated rings. The number of amides is 2. The predicted octanol–water partition coefficient (Wildman–Crippen LogP) is 1.24. The fourth-order valence-corrected chi connectivity index (χ4v) is 2.11. The molecule has 6 nitrogen and oxygen atoms in total. The molecule has 1 aliphatic rings. The Morgan fingerprint density at radius 3 is 2.95 bits per heavy atom. The van der Waals surface area contributed by atoms with E-state index in [4.69, 9.17) is 4.74 Å². The van der Waals surface area contributed by atoms with Crippen molar-refractivity contribution in [2.24, 2.45) is 0 Å². The van der Waals surface area contributed by atoms with E-state index in [2.05, 4.69) is 23.3 Å². The van der Waals surface area contributed by atoms with E-state index in [-0.39, 0.29) is 24.7 Å². The average Bonchev–Trinajstić information content (AvgIpc) is 2.85. The Morgan fingerprint density at radius 1 is 1.57 bits per heavy atom. The Bertz CT molecular complexity index is 555. The molecule has 1 aromatic carbocycles.